The van der Waals surface area contributed by atoms with Gasteiger partial charge in [0.15, 0.2) is 0 Å². The molecule has 0 radical (unpaired) electrons. The fraction of sp³-hybridized carbons (Fsp3) is 0.100. The van der Waals surface area contributed by atoms with E-state index in [9.17, 15) is 19.5 Å². The van der Waals surface area contributed by atoms with Gasteiger partial charge in [-0.3, -0.25) is 4.79 Å². The quantitative estimate of drug-likeness (QED) is 0.325. The van der Waals surface area contributed by atoms with Gasteiger partial charge in [-0.15, -0.1) is 0 Å². The number of carbonyl (C=O) groups excluding carboxylic acids is 2. The van der Waals surface area contributed by atoms with Crippen LogP contribution in [0.15, 0.2) is 30.3 Å². The molecule has 78 valence electrons. The summed E-state index contributed by atoms with van der Waals surface area (Å²) in [4.78, 5) is 32.1. The Kier molecular flexibility index (Phi) is 5.95. The van der Waals surface area contributed by atoms with Crippen LogP contribution in [0.1, 0.15) is 11.5 Å². The van der Waals surface area contributed by atoms with Crippen molar-refractivity contribution in [2.45, 2.75) is 5.92 Å². The number of ketones is 1. The maximum absolute atomic E-state index is 11.1. The Morgan fingerprint density at radius 3 is 2.00 bits per heavy atom. The van der Waals surface area contributed by atoms with Crippen LogP contribution in [0.2, 0.25) is 0 Å². The van der Waals surface area contributed by atoms with E-state index in [4.69, 9.17) is 5.11 Å². The molecule has 0 fully saturated rings. The van der Waals surface area contributed by atoms with Crippen molar-refractivity contribution >= 4 is 17.7 Å². The van der Waals surface area contributed by atoms with Crippen molar-refractivity contribution in [1.29, 1.82) is 0 Å². The van der Waals surface area contributed by atoms with Gasteiger partial charge in [0.05, 0.1) is 11.9 Å². The molecule has 1 aromatic rings. The second-order valence-electron chi connectivity index (χ2n) is 2.83. The summed E-state index contributed by atoms with van der Waals surface area (Å²) in [6.07, 6.45) is 0. The number of carbonyl (C=O) groups is 3. The molecule has 0 aliphatic heterocycles. The first kappa shape index (κ1) is 14.8. The van der Waals surface area contributed by atoms with Crippen LogP contribution in [-0.2, 0) is 14.4 Å². The van der Waals surface area contributed by atoms with Crippen LogP contribution in [-0.4, -0.2) is 22.8 Å². The molecule has 16 heavy (non-hydrogen) atoms. The molecule has 0 saturated carbocycles. The van der Waals surface area contributed by atoms with Crippen LogP contribution in [0.5, 0.6) is 0 Å². The molecule has 0 aliphatic rings. The number of carboxylic acids is 2. The van der Waals surface area contributed by atoms with Gasteiger partial charge in [-0.2, -0.15) is 0 Å². The molecule has 5 nitrogen and oxygen atoms in total. The largest absolute Gasteiger partial charge is 1.00 e. The number of carboxylic acid groups (broad SMARTS) is 2. The third-order valence-electron chi connectivity index (χ3n) is 1.84. The van der Waals surface area contributed by atoms with Crippen LogP contribution >= 0.6 is 0 Å². The summed E-state index contributed by atoms with van der Waals surface area (Å²) < 4.78 is 0. The van der Waals surface area contributed by atoms with Gasteiger partial charge >= 0.3 is 35.5 Å². The Labute approximate surface area is 113 Å². The van der Waals surface area contributed by atoms with Crippen LogP contribution in [0, 0.1) is 0 Å². The van der Waals surface area contributed by atoms with Gasteiger partial charge < -0.3 is 15.0 Å². The zero-order chi connectivity index (χ0) is 11.4. The summed E-state index contributed by atoms with van der Waals surface area (Å²) in [6.45, 7) is 0. The molecule has 1 atom stereocenters. The van der Waals surface area contributed by atoms with E-state index in [2.05, 4.69) is 0 Å². The topological polar surface area (TPSA) is 94.5 Å². The predicted octanol–water partition coefficient (Wildman–Crippen LogP) is -3.82. The maximum Gasteiger partial charge on any atom is 1.00 e. The molecule has 1 N–H and O–H groups in total. The van der Waals surface area contributed by atoms with Crippen molar-refractivity contribution in [2.24, 2.45) is 0 Å². The fourth-order valence-corrected chi connectivity index (χ4v) is 1.16. The second kappa shape index (κ2) is 6.42. The van der Waals surface area contributed by atoms with Gasteiger partial charge in [0, 0.05) is 0 Å². The van der Waals surface area contributed by atoms with E-state index >= 15 is 0 Å². The Balaban J connectivity index is 0.00000225. The minimum Gasteiger partial charge on any atom is -0.549 e. The molecule has 0 spiro atoms. The molecule has 1 unspecified atom stereocenters. The van der Waals surface area contributed by atoms with Crippen molar-refractivity contribution in [3.05, 3.63) is 35.9 Å². The number of aliphatic carboxylic acids is 2. The van der Waals surface area contributed by atoms with Gasteiger partial charge in [-0.1, -0.05) is 30.3 Å². The standard InChI is InChI=1S/C10H8O5.Na/c11-8(10(14)15)7(9(12)13)6-4-2-1-3-5-6;/h1-5,7H,(H,12,13)(H,14,15);/q;+1/p-1. The average molecular weight is 230 g/mol. The predicted molar refractivity (Wildman–Crippen MR) is 46.8 cm³/mol. The van der Waals surface area contributed by atoms with Crippen LogP contribution in [0.3, 0.4) is 0 Å². The van der Waals surface area contributed by atoms with Crippen LogP contribution in [0.25, 0.3) is 0 Å². The Bertz CT molecular complexity index is 401. The van der Waals surface area contributed by atoms with Crippen molar-refractivity contribution in [2.75, 3.05) is 0 Å². The first-order valence-corrected chi connectivity index (χ1v) is 4.07. The zero-order valence-electron chi connectivity index (χ0n) is 8.54. The SMILES string of the molecule is O=C(O)C(=O)C(C(=O)[O-])c1ccccc1.[Na+]. The molecular formula is C10H7NaO5. The summed E-state index contributed by atoms with van der Waals surface area (Å²) in [6, 6.07) is 7.38. The smallest absolute Gasteiger partial charge is 0.549 e. The number of benzene rings is 1. The molecule has 0 amide bonds. The van der Waals surface area contributed by atoms with Crippen LogP contribution in [0.4, 0.5) is 0 Å². The summed E-state index contributed by atoms with van der Waals surface area (Å²) in [7, 11) is 0. The van der Waals surface area contributed by atoms with Crippen molar-refractivity contribution in [3.63, 3.8) is 0 Å². The Hall–Kier alpha value is -1.17. The first-order chi connectivity index (χ1) is 7.04. The van der Waals surface area contributed by atoms with E-state index in [0.717, 1.165) is 0 Å². The number of hydrogen-bond donors (Lipinski definition) is 1. The average Bonchev–Trinajstić information content (AvgIpc) is 2.18. The Morgan fingerprint density at radius 2 is 1.62 bits per heavy atom. The third-order valence-corrected chi connectivity index (χ3v) is 1.84. The summed E-state index contributed by atoms with van der Waals surface area (Å²) in [5.74, 6) is -6.65. The molecule has 0 aromatic heterocycles. The molecule has 0 bridgehead atoms. The van der Waals surface area contributed by atoms with E-state index in [0.29, 0.717) is 0 Å². The molecular weight excluding hydrogens is 223 g/mol. The molecule has 1 rings (SSSR count). The van der Waals surface area contributed by atoms with E-state index < -0.39 is 23.6 Å². The van der Waals surface area contributed by atoms with Crippen molar-refractivity contribution in [1.82, 2.24) is 0 Å². The third kappa shape index (κ3) is 3.44. The summed E-state index contributed by atoms with van der Waals surface area (Å²) in [5.41, 5.74) is 0.102. The van der Waals surface area contributed by atoms with E-state index in [-0.39, 0.29) is 35.1 Å². The molecule has 0 aliphatic carbocycles. The normalized spacial score (nSPS) is 11.0. The molecule has 1 aromatic carbocycles. The van der Waals surface area contributed by atoms with Crippen molar-refractivity contribution in [3.8, 4) is 0 Å². The van der Waals surface area contributed by atoms with Crippen LogP contribution < -0.4 is 34.7 Å². The molecule has 0 saturated heterocycles. The van der Waals surface area contributed by atoms with Gasteiger partial charge in [-0.25, -0.2) is 4.79 Å². The molecule has 6 heteroatoms. The van der Waals surface area contributed by atoms with E-state index in [1.807, 2.05) is 0 Å². The summed E-state index contributed by atoms with van der Waals surface area (Å²) in [5, 5.41) is 19.1. The second-order valence-corrected chi connectivity index (χ2v) is 2.83. The van der Waals surface area contributed by atoms with Gasteiger partial charge in [-0.05, 0) is 5.56 Å². The van der Waals surface area contributed by atoms with Gasteiger partial charge in [0.25, 0.3) is 5.78 Å². The zero-order valence-corrected chi connectivity index (χ0v) is 10.5. The first-order valence-electron chi connectivity index (χ1n) is 4.07. The van der Waals surface area contributed by atoms with E-state index in [1.54, 1.807) is 6.07 Å². The van der Waals surface area contributed by atoms with Gasteiger partial charge in [0.2, 0.25) is 0 Å². The maximum atomic E-state index is 11.1. The molecule has 0 heterocycles. The van der Waals surface area contributed by atoms with E-state index in [1.165, 1.54) is 24.3 Å². The number of rotatable bonds is 4. The summed E-state index contributed by atoms with van der Waals surface area (Å²) >= 11 is 0. The van der Waals surface area contributed by atoms with Gasteiger partial charge in [0.1, 0.15) is 0 Å². The minimum absolute atomic E-state index is 0. The number of Topliss-reactive ketones (excluding diaryl/α,β-unsaturated/α-hetero) is 1. The van der Waals surface area contributed by atoms with Crippen molar-refractivity contribution < 1.29 is 54.2 Å². The monoisotopic (exact) mass is 230 g/mol. The minimum atomic E-state index is -1.78. The Morgan fingerprint density at radius 1 is 1.12 bits per heavy atom. The fourth-order valence-electron chi connectivity index (χ4n) is 1.16. The number of hydrogen-bond acceptors (Lipinski definition) is 4.